The predicted octanol–water partition coefficient (Wildman–Crippen LogP) is 0.503. The first-order chi connectivity index (χ1) is 10.6. The highest BCUT2D eigenvalue weighted by Crippen LogP contribution is 2.22. The molecule has 3 rings (SSSR count). The van der Waals surface area contributed by atoms with Crippen LogP contribution in [-0.2, 0) is 9.53 Å². The Labute approximate surface area is 127 Å². The van der Waals surface area contributed by atoms with Gasteiger partial charge in [0, 0.05) is 23.5 Å². The maximum Gasteiger partial charge on any atom is 0.270 e. The van der Waals surface area contributed by atoms with Gasteiger partial charge in [-0.05, 0) is 18.2 Å². The number of methoxy groups -OCH3 is 1. The van der Waals surface area contributed by atoms with E-state index >= 15 is 0 Å². The number of ether oxygens (including phenoxy) is 2. The molecule has 1 aromatic heterocycles. The van der Waals surface area contributed by atoms with Gasteiger partial charge >= 0.3 is 0 Å². The van der Waals surface area contributed by atoms with Gasteiger partial charge < -0.3 is 25.1 Å². The Hall–Kier alpha value is -2.54. The van der Waals surface area contributed by atoms with Crippen molar-refractivity contribution in [2.75, 3.05) is 26.8 Å². The smallest absolute Gasteiger partial charge is 0.270 e. The lowest BCUT2D eigenvalue weighted by atomic mass is 10.2. The molecule has 1 aliphatic heterocycles. The van der Waals surface area contributed by atoms with Crippen LogP contribution in [0.3, 0.4) is 0 Å². The Morgan fingerprint density at radius 3 is 2.95 bits per heavy atom. The number of benzene rings is 1. The van der Waals surface area contributed by atoms with Crippen LogP contribution in [0, 0.1) is 0 Å². The summed E-state index contributed by atoms with van der Waals surface area (Å²) in [5.41, 5.74) is 6.53. The fourth-order valence-electron chi connectivity index (χ4n) is 2.52. The summed E-state index contributed by atoms with van der Waals surface area (Å²) in [6.07, 6.45) is -0.748. The molecule has 22 heavy (non-hydrogen) atoms. The zero-order chi connectivity index (χ0) is 15.7. The topological polar surface area (TPSA) is 97.6 Å². The van der Waals surface area contributed by atoms with Gasteiger partial charge in [-0.15, -0.1) is 0 Å². The number of carbonyl (C=O) groups is 2. The number of rotatable bonds is 3. The van der Waals surface area contributed by atoms with Crippen molar-refractivity contribution < 1.29 is 19.1 Å². The molecule has 1 saturated heterocycles. The number of nitrogens with two attached hydrogens (primary N) is 1. The summed E-state index contributed by atoms with van der Waals surface area (Å²) in [5, 5.41) is 0.920. The number of morpholine rings is 1. The van der Waals surface area contributed by atoms with Crippen molar-refractivity contribution >= 4 is 22.7 Å². The van der Waals surface area contributed by atoms with Crippen LogP contribution in [0.2, 0.25) is 0 Å². The van der Waals surface area contributed by atoms with E-state index in [1.807, 2.05) is 18.2 Å². The molecule has 2 aromatic rings. The number of carbonyl (C=O) groups excluding carboxylic acids is 2. The van der Waals surface area contributed by atoms with E-state index in [0.717, 1.165) is 10.9 Å². The standard InChI is InChI=1S/C15H17N3O4/c1-21-10-3-2-9-6-12(17-11(9)7-10)15(20)18-4-5-22-13(8-18)14(16)19/h2-3,6-7,13,17H,4-5,8H2,1H3,(H2,16,19). The molecule has 0 bridgehead atoms. The summed E-state index contributed by atoms with van der Waals surface area (Å²) in [4.78, 5) is 28.4. The number of nitrogens with zero attached hydrogens (tertiary/aromatic N) is 1. The SMILES string of the molecule is COc1ccc2cc(C(=O)N3CCOC(C(N)=O)C3)[nH]c2c1. The van der Waals surface area contributed by atoms with E-state index in [0.29, 0.717) is 24.6 Å². The first kappa shape index (κ1) is 14.4. The van der Waals surface area contributed by atoms with Gasteiger partial charge in [0.25, 0.3) is 5.91 Å². The van der Waals surface area contributed by atoms with Gasteiger partial charge in [-0.1, -0.05) is 0 Å². The Kier molecular flexibility index (Phi) is 3.72. The summed E-state index contributed by atoms with van der Waals surface area (Å²) in [6.45, 7) is 0.904. The Morgan fingerprint density at radius 1 is 1.41 bits per heavy atom. The maximum atomic E-state index is 12.5. The van der Waals surface area contributed by atoms with Crippen LogP contribution >= 0.6 is 0 Å². The highest BCUT2D eigenvalue weighted by atomic mass is 16.5. The van der Waals surface area contributed by atoms with E-state index in [-0.39, 0.29) is 12.5 Å². The molecule has 7 nitrogen and oxygen atoms in total. The molecule has 3 N–H and O–H groups in total. The lowest BCUT2D eigenvalue weighted by Gasteiger charge is -2.31. The van der Waals surface area contributed by atoms with Crippen molar-refractivity contribution in [3.63, 3.8) is 0 Å². The number of aromatic nitrogens is 1. The molecule has 7 heteroatoms. The lowest BCUT2D eigenvalue weighted by molar-refractivity contribution is -0.133. The summed E-state index contributed by atoms with van der Waals surface area (Å²) in [6, 6.07) is 7.33. The van der Waals surface area contributed by atoms with Gasteiger partial charge in [0.1, 0.15) is 11.4 Å². The molecule has 0 saturated carbocycles. The molecule has 0 aliphatic carbocycles. The molecule has 1 unspecified atom stereocenters. The van der Waals surface area contributed by atoms with Crippen molar-refractivity contribution in [1.29, 1.82) is 0 Å². The highest BCUT2D eigenvalue weighted by molar-refractivity contribution is 5.98. The van der Waals surface area contributed by atoms with Crippen LogP contribution < -0.4 is 10.5 Å². The van der Waals surface area contributed by atoms with Crippen LogP contribution in [0.25, 0.3) is 10.9 Å². The van der Waals surface area contributed by atoms with Gasteiger partial charge in [0.05, 0.1) is 20.3 Å². The number of amides is 2. The number of hydrogen-bond acceptors (Lipinski definition) is 4. The van der Waals surface area contributed by atoms with E-state index in [2.05, 4.69) is 4.98 Å². The number of fused-ring (bicyclic) bond motifs is 1. The van der Waals surface area contributed by atoms with Crippen LogP contribution in [-0.4, -0.2) is 54.6 Å². The van der Waals surface area contributed by atoms with Crippen LogP contribution in [0.15, 0.2) is 24.3 Å². The number of primary amides is 1. The Morgan fingerprint density at radius 2 is 2.23 bits per heavy atom. The lowest BCUT2D eigenvalue weighted by Crippen LogP contribution is -2.50. The second kappa shape index (κ2) is 5.69. The number of aromatic amines is 1. The average molecular weight is 303 g/mol. The average Bonchev–Trinajstić information content (AvgIpc) is 2.97. The van der Waals surface area contributed by atoms with Crippen LogP contribution in [0.1, 0.15) is 10.5 Å². The summed E-state index contributed by atoms with van der Waals surface area (Å²) in [5.74, 6) is -0.0166. The van der Waals surface area contributed by atoms with Crippen LogP contribution in [0.4, 0.5) is 0 Å². The number of nitrogens with one attached hydrogen (secondary N) is 1. The van der Waals surface area contributed by atoms with Gasteiger partial charge in [-0.25, -0.2) is 0 Å². The summed E-state index contributed by atoms with van der Waals surface area (Å²) >= 11 is 0. The zero-order valence-corrected chi connectivity index (χ0v) is 12.2. The molecule has 2 heterocycles. The minimum absolute atomic E-state index is 0.173. The zero-order valence-electron chi connectivity index (χ0n) is 12.2. The van der Waals surface area contributed by atoms with E-state index in [1.165, 1.54) is 0 Å². The van der Waals surface area contributed by atoms with E-state index in [4.69, 9.17) is 15.2 Å². The predicted molar refractivity (Wildman–Crippen MR) is 79.7 cm³/mol. The molecular formula is C15H17N3O4. The van der Waals surface area contributed by atoms with E-state index < -0.39 is 12.0 Å². The molecular weight excluding hydrogens is 286 g/mol. The first-order valence-corrected chi connectivity index (χ1v) is 6.95. The summed E-state index contributed by atoms with van der Waals surface area (Å²) < 4.78 is 10.4. The molecule has 2 amide bonds. The minimum atomic E-state index is -0.748. The van der Waals surface area contributed by atoms with Crippen molar-refractivity contribution in [2.24, 2.45) is 5.73 Å². The number of H-pyrrole nitrogens is 1. The fraction of sp³-hybridized carbons (Fsp3) is 0.333. The second-order valence-electron chi connectivity index (χ2n) is 5.15. The monoisotopic (exact) mass is 303 g/mol. The van der Waals surface area contributed by atoms with Crippen LogP contribution in [0.5, 0.6) is 5.75 Å². The quantitative estimate of drug-likeness (QED) is 0.863. The van der Waals surface area contributed by atoms with E-state index in [1.54, 1.807) is 18.1 Å². The van der Waals surface area contributed by atoms with Crippen molar-refractivity contribution in [2.45, 2.75) is 6.10 Å². The summed E-state index contributed by atoms with van der Waals surface area (Å²) in [7, 11) is 1.59. The normalized spacial score (nSPS) is 18.4. The first-order valence-electron chi connectivity index (χ1n) is 6.95. The Balaban J connectivity index is 1.83. The third kappa shape index (κ3) is 2.62. The Bertz CT molecular complexity index is 725. The van der Waals surface area contributed by atoms with Crippen molar-refractivity contribution in [3.8, 4) is 5.75 Å². The van der Waals surface area contributed by atoms with Gasteiger partial charge in [-0.2, -0.15) is 0 Å². The fourth-order valence-corrected chi connectivity index (χ4v) is 2.52. The molecule has 1 aromatic carbocycles. The van der Waals surface area contributed by atoms with Gasteiger partial charge in [-0.3, -0.25) is 9.59 Å². The minimum Gasteiger partial charge on any atom is -0.497 e. The van der Waals surface area contributed by atoms with Gasteiger partial charge in [0.2, 0.25) is 5.91 Å². The maximum absolute atomic E-state index is 12.5. The third-order valence-electron chi connectivity index (χ3n) is 3.73. The van der Waals surface area contributed by atoms with Gasteiger partial charge in [0.15, 0.2) is 6.10 Å². The largest absolute Gasteiger partial charge is 0.497 e. The molecule has 1 atom stereocenters. The third-order valence-corrected chi connectivity index (χ3v) is 3.73. The molecule has 0 spiro atoms. The molecule has 116 valence electrons. The number of hydrogen-bond donors (Lipinski definition) is 2. The highest BCUT2D eigenvalue weighted by Gasteiger charge is 2.28. The van der Waals surface area contributed by atoms with Crippen molar-refractivity contribution in [1.82, 2.24) is 9.88 Å². The van der Waals surface area contributed by atoms with Crippen molar-refractivity contribution in [3.05, 3.63) is 30.0 Å². The van der Waals surface area contributed by atoms with E-state index in [9.17, 15) is 9.59 Å². The second-order valence-corrected chi connectivity index (χ2v) is 5.15. The molecule has 1 aliphatic rings. The molecule has 0 radical (unpaired) electrons. The molecule has 1 fully saturated rings.